The van der Waals surface area contributed by atoms with Gasteiger partial charge in [-0.05, 0) is 85.3 Å². The van der Waals surface area contributed by atoms with Crippen LogP contribution < -0.4 is 20.0 Å². The van der Waals surface area contributed by atoms with Gasteiger partial charge in [-0.2, -0.15) is 0 Å². The minimum absolute atomic E-state index is 0.0424. The van der Waals surface area contributed by atoms with Crippen molar-refractivity contribution in [2.45, 2.75) is 24.9 Å². The van der Waals surface area contributed by atoms with Crippen LogP contribution in [0, 0.1) is 0 Å². The molecular formula is C35H41Cl2N5O2S. The third-order valence-electron chi connectivity index (χ3n) is 8.60. The number of aromatic amines is 1. The number of benzene rings is 2. The fourth-order valence-corrected chi connectivity index (χ4v) is 7.36. The van der Waals surface area contributed by atoms with Crippen molar-refractivity contribution in [2.75, 3.05) is 60.1 Å². The van der Waals surface area contributed by atoms with Gasteiger partial charge in [0.2, 0.25) is 5.56 Å². The first kappa shape index (κ1) is 32.1. The summed E-state index contributed by atoms with van der Waals surface area (Å²) in [6.45, 7) is 13.0. The highest BCUT2D eigenvalue weighted by Gasteiger charge is 2.32. The number of halogens is 2. The maximum Gasteiger partial charge on any atom is 0.224 e. The summed E-state index contributed by atoms with van der Waals surface area (Å²) in [4.78, 5) is 14.4. The van der Waals surface area contributed by atoms with Gasteiger partial charge in [-0.15, -0.1) is 0 Å². The second kappa shape index (κ2) is 14.3. The topological polar surface area (TPSA) is 47.2 Å². The van der Waals surface area contributed by atoms with E-state index in [0.29, 0.717) is 11.8 Å². The zero-order valence-electron chi connectivity index (χ0n) is 26.1. The van der Waals surface area contributed by atoms with Gasteiger partial charge in [-0.3, -0.25) is 9.80 Å². The summed E-state index contributed by atoms with van der Waals surface area (Å²) in [5, 5.41) is 3.41. The molecule has 4 heterocycles. The molecule has 1 aromatic heterocycles. The van der Waals surface area contributed by atoms with Crippen molar-refractivity contribution >= 4 is 47.6 Å². The summed E-state index contributed by atoms with van der Waals surface area (Å²) in [5.41, 5.74) is 3.45. The normalized spacial score (nSPS) is 22.1. The van der Waals surface area contributed by atoms with E-state index in [1.165, 1.54) is 10.5 Å². The molecule has 3 aliphatic rings. The average molecular weight is 667 g/mol. The fraction of sp³-hybridized carbons (Fsp3) is 0.371. The molecule has 45 heavy (non-hydrogen) atoms. The first-order valence-corrected chi connectivity index (χ1v) is 17.0. The Morgan fingerprint density at radius 1 is 1.02 bits per heavy atom. The zero-order chi connectivity index (χ0) is 31.5. The summed E-state index contributed by atoms with van der Waals surface area (Å²) in [6, 6.07) is 15.9. The van der Waals surface area contributed by atoms with Crippen LogP contribution >= 0.6 is 35.0 Å². The summed E-state index contributed by atoms with van der Waals surface area (Å²) in [7, 11) is 4.28. The van der Waals surface area contributed by atoms with Gasteiger partial charge >= 0.3 is 0 Å². The van der Waals surface area contributed by atoms with Crippen LogP contribution in [0.3, 0.4) is 0 Å². The molecule has 7 nitrogen and oxygen atoms in total. The summed E-state index contributed by atoms with van der Waals surface area (Å²) >= 11 is 14.0. The molecule has 1 saturated heterocycles. The predicted octanol–water partition coefficient (Wildman–Crippen LogP) is 5.42. The minimum Gasteiger partial charge on any atom is -0.478 e. The smallest absolute Gasteiger partial charge is 0.224 e. The second-order valence-electron chi connectivity index (χ2n) is 12.0. The van der Waals surface area contributed by atoms with Gasteiger partial charge in [0, 0.05) is 78.5 Å². The second-order valence-corrected chi connectivity index (χ2v) is 14.2. The molecule has 0 bridgehead atoms. The van der Waals surface area contributed by atoms with Crippen molar-refractivity contribution in [3.63, 3.8) is 0 Å². The molecule has 1 N–H and O–H groups in total. The number of likely N-dealkylation sites (N-methyl/N-ethyl adjacent to an activating group) is 1. The van der Waals surface area contributed by atoms with E-state index in [0.717, 1.165) is 84.0 Å². The lowest BCUT2D eigenvalue weighted by Gasteiger charge is -2.35. The van der Waals surface area contributed by atoms with E-state index < -0.39 is 0 Å². The van der Waals surface area contributed by atoms with Crippen molar-refractivity contribution in [1.82, 2.24) is 24.6 Å². The van der Waals surface area contributed by atoms with Crippen LogP contribution in [0.2, 0.25) is 5.02 Å². The lowest BCUT2D eigenvalue weighted by atomic mass is 9.93. The number of allylic oxidation sites excluding steroid dienone is 2. The molecular weight excluding hydrogens is 625 g/mol. The van der Waals surface area contributed by atoms with Crippen LogP contribution in [-0.2, 0) is 6.42 Å². The van der Waals surface area contributed by atoms with Gasteiger partial charge in [-0.1, -0.05) is 53.7 Å². The van der Waals surface area contributed by atoms with Gasteiger partial charge < -0.3 is 24.3 Å². The molecule has 0 radical (unpaired) electrons. The van der Waals surface area contributed by atoms with Crippen molar-refractivity contribution in [2.24, 2.45) is 0 Å². The number of thioether (sulfide) groups is 1. The average Bonchev–Trinajstić information content (AvgIpc) is 3.54. The molecule has 2 unspecified atom stereocenters. The van der Waals surface area contributed by atoms with Crippen LogP contribution in [0.1, 0.15) is 29.8 Å². The molecule has 0 aliphatic carbocycles. The van der Waals surface area contributed by atoms with E-state index in [9.17, 15) is 0 Å². The standard InChI is InChI=1S/C35H41Cl2N5O2S/c1-24(36)5-14-32-25(2)31-15-16-42(23-43-28-12-8-27(37)9-13-28)34(33(31)38-32)26-6-10-29(11-7-26)44-35-40(4)21-30(45-35)22-41-19-17-39(3)18-20-41/h5-14,21,34-35,38H,2,15-20,22-23H2,1,3-4H3/b24-5+,32-14+. The lowest BCUT2D eigenvalue weighted by Crippen LogP contribution is -2.44. The highest BCUT2D eigenvalue weighted by atomic mass is 35.5. The molecule has 238 valence electrons. The van der Waals surface area contributed by atoms with Crippen LogP contribution in [-0.4, -0.2) is 90.2 Å². The highest BCUT2D eigenvalue weighted by molar-refractivity contribution is 8.03. The molecule has 3 aliphatic heterocycles. The Hall–Kier alpha value is -2.85. The van der Waals surface area contributed by atoms with E-state index in [2.05, 4.69) is 75.7 Å². The number of hydrogen-bond donors (Lipinski definition) is 1. The molecule has 0 amide bonds. The maximum atomic E-state index is 6.47. The van der Waals surface area contributed by atoms with Gasteiger partial charge in [-0.25, -0.2) is 0 Å². The number of nitrogens with one attached hydrogen (secondary N) is 1. The Bertz CT molecular complexity index is 1640. The largest absolute Gasteiger partial charge is 0.478 e. The number of H-pyrrole nitrogens is 1. The van der Waals surface area contributed by atoms with Gasteiger partial charge in [0.1, 0.15) is 18.2 Å². The van der Waals surface area contributed by atoms with Gasteiger partial charge in [0.25, 0.3) is 0 Å². The quantitative estimate of drug-likeness (QED) is 0.328. The highest BCUT2D eigenvalue weighted by Crippen LogP contribution is 2.36. The summed E-state index contributed by atoms with van der Waals surface area (Å²) in [5.74, 6) is 1.63. The first-order chi connectivity index (χ1) is 21.7. The zero-order valence-corrected chi connectivity index (χ0v) is 28.5. The molecule has 2 atom stereocenters. The van der Waals surface area contributed by atoms with E-state index in [1.54, 1.807) is 11.8 Å². The van der Waals surface area contributed by atoms with Crippen molar-refractivity contribution in [3.8, 4) is 11.5 Å². The maximum absolute atomic E-state index is 6.47. The third kappa shape index (κ3) is 7.76. The number of ether oxygens (including phenoxy) is 2. The van der Waals surface area contributed by atoms with Crippen molar-refractivity contribution in [1.29, 1.82) is 0 Å². The Balaban J connectivity index is 1.19. The van der Waals surface area contributed by atoms with Crippen LogP contribution in [0.15, 0.2) is 70.7 Å². The van der Waals surface area contributed by atoms with Gasteiger partial charge in [0.15, 0.2) is 0 Å². The van der Waals surface area contributed by atoms with Crippen molar-refractivity contribution in [3.05, 3.63) is 103 Å². The number of aromatic nitrogens is 1. The molecule has 3 aromatic rings. The Morgan fingerprint density at radius 2 is 1.73 bits per heavy atom. The third-order valence-corrected chi connectivity index (χ3v) is 10.1. The van der Waals surface area contributed by atoms with E-state index in [1.807, 2.05) is 43.3 Å². The van der Waals surface area contributed by atoms with Crippen LogP contribution in [0.5, 0.6) is 11.5 Å². The summed E-state index contributed by atoms with van der Waals surface area (Å²) in [6.07, 6.45) is 7.01. The SMILES string of the molecule is C=c1c2c([nH]/c1=C/C=C(\C)Cl)C(c1ccc(OC3SC(CN4CCN(C)CC4)=CN3C)cc1)N(COc1ccc(Cl)cc1)CC2. The van der Waals surface area contributed by atoms with E-state index >= 15 is 0 Å². The molecule has 2 aromatic carbocycles. The molecule has 10 heteroatoms. The minimum atomic E-state index is -0.0856. The van der Waals surface area contributed by atoms with E-state index in [-0.39, 0.29) is 11.6 Å². The Morgan fingerprint density at radius 3 is 2.44 bits per heavy atom. The molecule has 0 saturated carbocycles. The summed E-state index contributed by atoms with van der Waals surface area (Å²) < 4.78 is 12.7. The fourth-order valence-electron chi connectivity index (χ4n) is 6.04. The van der Waals surface area contributed by atoms with Crippen LogP contribution in [0.25, 0.3) is 12.7 Å². The van der Waals surface area contributed by atoms with Crippen molar-refractivity contribution < 1.29 is 9.47 Å². The molecule has 6 rings (SSSR count). The Kier molecular flexibility index (Phi) is 10.2. The van der Waals surface area contributed by atoms with E-state index in [4.69, 9.17) is 32.7 Å². The number of piperazine rings is 1. The predicted molar refractivity (Wildman–Crippen MR) is 187 cm³/mol. The number of fused-ring (bicyclic) bond motifs is 1. The number of hydrogen-bond acceptors (Lipinski definition) is 7. The lowest BCUT2D eigenvalue weighted by molar-refractivity contribution is 0.0906. The van der Waals surface area contributed by atoms with Gasteiger partial charge in [0.05, 0.1) is 6.04 Å². The number of nitrogens with zero attached hydrogens (tertiary/aromatic N) is 4. The Labute approximate surface area is 280 Å². The number of rotatable bonds is 9. The van der Waals surface area contributed by atoms with Crippen LogP contribution in [0.4, 0.5) is 0 Å². The molecule has 1 fully saturated rings. The molecule has 0 spiro atoms. The monoisotopic (exact) mass is 665 g/mol. The first-order valence-electron chi connectivity index (χ1n) is 15.4.